The van der Waals surface area contributed by atoms with E-state index in [2.05, 4.69) is 24.1 Å². The lowest BCUT2D eigenvalue weighted by Gasteiger charge is -2.17. The van der Waals surface area contributed by atoms with Crippen molar-refractivity contribution in [3.63, 3.8) is 0 Å². The van der Waals surface area contributed by atoms with E-state index in [1.54, 1.807) is 13.2 Å². The summed E-state index contributed by atoms with van der Waals surface area (Å²) in [5, 5.41) is 2.96. The zero-order valence-electron chi connectivity index (χ0n) is 15.8. The molecule has 0 saturated heterocycles. The van der Waals surface area contributed by atoms with Crippen molar-refractivity contribution in [2.75, 3.05) is 33.3 Å². The van der Waals surface area contributed by atoms with Crippen molar-refractivity contribution in [1.82, 2.24) is 10.2 Å². The van der Waals surface area contributed by atoms with Crippen LogP contribution in [0.3, 0.4) is 0 Å². The van der Waals surface area contributed by atoms with Gasteiger partial charge in [-0.25, -0.2) is 0 Å². The average molecular weight is 332 g/mol. The van der Waals surface area contributed by atoms with E-state index in [1.807, 2.05) is 32.1 Å². The fraction of sp³-hybridized carbons (Fsp3) is 0.550. The lowest BCUT2D eigenvalue weighted by Crippen LogP contribution is -2.26. The summed E-state index contributed by atoms with van der Waals surface area (Å²) in [6.07, 6.45) is 5.63. The summed E-state index contributed by atoms with van der Waals surface area (Å²) in [5.74, 6) is 0.812. The molecule has 4 heteroatoms. The second-order valence-corrected chi connectivity index (χ2v) is 6.03. The Bertz CT molecular complexity index is 526. The second kappa shape index (κ2) is 10.9. The number of hydrogen-bond donors (Lipinski definition) is 1. The first-order chi connectivity index (χ1) is 11.5. The summed E-state index contributed by atoms with van der Waals surface area (Å²) in [4.78, 5) is 14.3. The van der Waals surface area contributed by atoms with Crippen LogP contribution in [0, 0.1) is 13.8 Å². The monoisotopic (exact) mass is 332 g/mol. The van der Waals surface area contributed by atoms with Crippen molar-refractivity contribution in [3.8, 4) is 5.75 Å². The topological polar surface area (TPSA) is 41.6 Å². The van der Waals surface area contributed by atoms with Crippen molar-refractivity contribution in [1.29, 1.82) is 0 Å². The Morgan fingerprint density at radius 3 is 2.33 bits per heavy atom. The summed E-state index contributed by atoms with van der Waals surface area (Å²) in [6.45, 7) is 12.4. The first-order valence-corrected chi connectivity index (χ1v) is 8.85. The molecule has 4 nitrogen and oxygen atoms in total. The number of benzene rings is 1. The number of carbonyl (C=O) groups is 1. The van der Waals surface area contributed by atoms with E-state index >= 15 is 0 Å². The first-order valence-electron chi connectivity index (χ1n) is 8.85. The number of ether oxygens (including phenoxy) is 1. The molecule has 0 radical (unpaired) electrons. The van der Waals surface area contributed by atoms with Gasteiger partial charge in [0.25, 0.3) is 0 Å². The van der Waals surface area contributed by atoms with E-state index in [4.69, 9.17) is 4.74 Å². The van der Waals surface area contributed by atoms with Gasteiger partial charge in [-0.1, -0.05) is 13.8 Å². The fourth-order valence-electron chi connectivity index (χ4n) is 2.75. The van der Waals surface area contributed by atoms with Gasteiger partial charge in [0.15, 0.2) is 0 Å². The first kappa shape index (κ1) is 20.2. The minimum atomic E-state index is -0.0348. The molecule has 0 atom stereocenters. The van der Waals surface area contributed by atoms with Crippen molar-refractivity contribution in [2.24, 2.45) is 0 Å². The molecule has 0 saturated carbocycles. The SMILES string of the molecule is CCN(CC)CCCCNC(=O)/C=C/c1c(C)cc(OC)cc1C. The summed E-state index contributed by atoms with van der Waals surface area (Å²) in [5.41, 5.74) is 3.29. The molecule has 0 heterocycles. The minimum absolute atomic E-state index is 0.0348. The molecule has 1 aromatic rings. The van der Waals surface area contributed by atoms with Crippen LogP contribution in [0.5, 0.6) is 5.75 Å². The number of unbranched alkanes of at least 4 members (excludes halogenated alkanes) is 1. The van der Waals surface area contributed by atoms with Gasteiger partial charge in [-0.15, -0.1) is 0 Å². The maximum Gasteiger partial charge on any atom is 0.243 e. The Morgan fingerprint density at radius 1 is 1.17 bits per heavy atom. The number of methoxy groups -OCH3 is 1. The Morgan fingerprint density at radius 2 is 1.79 bits per heavy atom. The van der Waals surface area contributed by atoms with Gasteiger partial charge in [-0.05, 0) is 81.2 Å². The normalized spacial score (nSPS) is 11.2. The van der Waals surface area contributed by atoms with Crippen LogP contribution < -0.4 is 10.1 Å². The van der Waals surface area contributed by atoms with E-state index < -0.39 is 0 Å². The predicted molar refractivity (Wildman–Crippen MR) is 102 cm³/mol. The van der Waals surface area contributed by atoms with Crippen LogP contribution in [0.2, 0.25) is 0 Å². The maximum atomic E-state index is 11.9. The minimum Gasteiger partial charge on any atom is -0.497 e. The summed E-state index contributed by atoms with van der Waals surface area (Å²) < 4.78 is 5.26. The lowest BCUT2D eigenvalue weighted by atomic mass is 10.0. The molecule has 1 rings (SSSR count). The van der Waals surface area contributed by atoms with E-state index in [-0.39, 0.29) is 5.91 Å². The molecular formula is C20H32N2O2. The van der Waals surface area contributed by atoms with Gasteiger partial charge in [0, 0.05) is 12.6 Å². The summed E-state index contributed by atoms with van der Waals surface area (Å²) in [7, 11) is 1.66. The Balaban J connectivity index is 2.41. The molecule has 1 aromatic carbocycles. The van der Waals surface area contributed by atoms with E-state index in [0.717, 1.165) is 61.5 Å². The molecule has 24 heavy (non-hydrogen) atoms. The third kappa shape index (κ3) is 6.75. The molecule has 1 amide bonds. The van der Waals surface area contributed by atoms with Crippen molar-refractivity contribution in [3.05, 3.63) is 34.9 Å². The highest BCUT2D eigenvalue weighted by atomic mass is 16.5. The number of aryl methyl sites for hydroxylation is 2. The molecule has 0 fully saturated rings. The quantitative estimate of drug-likeness (QED) is 0.526. The van der Waals surface area contributed by atoms with Crippen LogP contribution in [0.1, 0.15) is 43.4 Å². The molecule has 0 unspecified atom stereocenters. The highest BCUT2D eigenvalue weighted by Gasteiger charge is 2.04. The molecule has 0 spiro atoms. The van der Waals surface area contributed by atoms with Gasteiger partial charge in [0.1, 0.15) is 5.75 Å². The third-order valence-electron chi connectivity index (χ3n) is 4.30. The predicted octanol–water partition coefficient (Wildman–Crippen LogP) is 3.56. The summed E-state index contributed by atoms with van der Waals surface area (Å²) in [6, 6.07) is 3.97. The Labute approximate surface area is 146 Å². The molecule has 0 aliphatic rings. The van der Waals surface area contributed by atoms with Crippen LogP contribution in [0.15, 0.2) is 18.2 Å². The number of hydrogen-bond acceptors (Lipinski definition) is 3. The summed E-state index contributed by atoms with van der Waals surface area (Å²) >= 11 is 0. The van der Waals surface area contributed by atoms with E-state index in [1.165, 1.54) is 0 Å². The van der Waals surface area contributed by atoms with Gasteiger partial charge < -0.3 is 15.0 Å². The highest BCUT2D eigenvalue weighted by molar-refractivity contribution is 5.92. The lowest BCUT2D eigenvalue weighted by molar-refractivity contribution is -0.116. The zero-order valence-corrected chi connectivity index (χ0v) is 15.8. The second-order valence-electron chi connectivity index (χ2n) is 6.03. The van der Waals surface area contributed by atoms with Crippen LogP contribution in [-0.2, 0) is 4.79 Å². The fourth-order valence-corrected chi connectivity index (χ4v) is 2.75. The van der Waals surface area contributed by atoms with Crippen LogP contribution in [0.25, 0.3) is 6.08 Å². The average Bonchev–Trinajstić information content (AvgIpc) is 2.57. The number of carbonyl (C=O) groups excluding carboxylic acids is 1. The third-order valence-corrected chi connectivity index (χ3v) is 4.30. The molecule has 0 aliphatic carbocycles. The van der Waals surface area contributed by atoms with E-state index in [9.17, 15) is 4.79 Å². The van der Waals surface area contributed by atoms with Gasteiger partial charge in [-0.2, -0.15) is 0 Å². The Hall–Kier alpha value is -1.81. The van der Waals surface area contributed by atoms with Crippen molar-refractivity contribution in [2.45, 2.75) is 40.5 Å². The number of amides is 1. The molecule has 0 aromatic heterocycles. The molecule has 1 N–H and O–H groups in total. The van der Waals surface area contributed by atoms with Crippen LogP contribution in [0.4, 0.5) is 0 Å². The highest BCUT2D eigenvalue weighted by Crippen LogP contribution is 2.22. The van der Waals surface area contributed by atoms with Crippen molar-refractivity contribution < 1.29 is 9.53 Å². The largest absolute Gasteiger partial charge is 0.497 e. The molecule has 0 aliphatic heterocycles. The van der Waals surface area contributed by atoms with Crippen molar-refractivity contribution >= 4 is 12.0 Å². The zero-order chi connectivity index (χ0) is 17.9. The van der Waals surface area contributed by atoms with Crippen LogP contribution in [-0.4, -0.2) is 44.1 Å². The molecular weight excluding hydrogens is 300 g/mol. The van der Waals surface area contributed by atoms with Crippen LogP contribution >= 0.6 is 0 Å². The van der Waals surface area contributed by atoms with Gasteiger partial charge in [0.05, 0.1) is 7.11 Å². The van der Waals surface area contributed by atoms with Gasteiger partial charge >= 0.3 is 0 Å². The number of rotatable bonds is 10. The number of nitrogens with one attached hydrogen (secondary N) is 1. The smallest absolute Gasteiger partial charge is 0.243 e. The van der Waals surface area contributed by atoms with Gasteiger partial charge in [0.2, 0.25) is 5.91 Å². The molecule has 0 bridgehead atoms. The standard InChI is InChI=1S/C20H32N2O2/c1-6-22(7-2)13-9-8-12-21-20(23)11-10-19-16(3)14-18(24-5)15-17(19)4/h10-11,14-15H,6-9,12-13H2,1-5H3,(H,21,23)/b11-10+. The molecule has 134 valence electrons. The van der Waals surface area contributed by atoms with Gasteiger partial charge in [-0.3, -0.25) is 4.79 Å². The maximum absolute atomic E-state index is 11.9. The Kier molecular flexibility index (Phi) is 9.16. The number of nitrogens with zero attached hydrogens (tertiary/aromatic N) is 1. The van der Waals surface area contributed by atoms with E-state index in [0.29, 0.717) is 0 Å².